The van der Waals surface area contributed by atoms with E-state index in [2.05, 4.69) is 38.1 Å². The van der Waals surface area contributed by atoms with Gasteiger partial charge in [0.1, 0.15) is 0 Å². The molecule has 98 valence electrons. The van der Waals surface area contributed by atoms with Crippen molar-refractivity contribution in [1.82, 2.24) is 0 Å². The molecule has 2 rings (SSSR count). The fourth-order valence-corrected chi connectivity index (χ4v) is 2.22. The van der Waals surface area contributed by atoms with Crippen molar-refractivity contribution < 1.29 is 4.79 Å². The Morgan fingerprint density at radius 2 is 1.74 bits per heavy atom. The lowest BCUT2D eigenvalue weighted by Gasteiger charge is -2.10. The monoisotopic (exact) mass is 252 g/mol. The largest absolute Gasteiger partial charge is 0.294 e. The van der Waals surface area contributed by atoms with Crippen LogP contribution in [-0.2, 0) is 0 Å². The molecule has 0 atom stereocenters. The Morgan fingerprint density at radius 1 is 1.00 bits per heavy atom. The molecule has 0 radical (unpaired) electrons. The van der Waals surface area contributed by atoms with Crippen molar-refractivity contribution in [3.63, 3.8) is 0 Å². The molecule has 0 aliphatic heterocycles. The molecule has 0 aliphatic carbocycles. The zero-order valence-electron chi connectivity index (χ0n) is 12.0. The highest BCUT2D eigenvalue weighted by Crippen LogP contribution is 2.26. The average molecular weight is 252 g/mol. The Bertz CT molecular complexity index is 609. The number of hydrogen-bond acceptors (Lipinski definition) is 1. The molecule has 1 heteroatoms. The van der Waals surface area contributed by atoms with E-state index in [0.717, 1.165) is 11.1 Å². The summed E-state index contributed by atoms with van der Waals surface area (Å²) in [5.74, 6) is 0.237. The lowest BCUT2D eigenvalue weighted by molar-refractivity contribution is 0.0939. The summed E-state index contributed by atoms with van der Waals surface area (Å²) < 4.78 is 0. The van der Waals surface area contributed by atoms with Crippen LogP contribution in [-0.4, -0.2) is 5.78 Å². The third kappa shape index (κ3) is 2.93. The van der Waals surface area contributed by atoms with Gasteiger partial charge in [0.15, 0.2) is 5.78 Å². The molecule has 0 aliphatic rings. The zero-order chi connectivity index (χ0) is 14.0. The number of ketones is 1. The molecule has 0 fully saturated rings. The van der Waals surface area contributed by atoms with E-state index in [0.29, 0.717) is 0 Å². The van der Waals surface area contributed by atoms with Crippen LogP contribution in [0.25, 0.3) is 11.1 Å². The van der Waals surface area contributed by atoms with Crippen molar-refractivity contribution in [3.05, 3.63) is 59.2 Å². The first-order valence-corrected chi connectivity index (χ1v) is 6.71. The Morgan fingerprint density at radius 3 is 2.42 bits per heavy atom. The topological polar surface area (TPSA) is 17.1 Å². The van der Waals surface area contributed by atoms with Crippen LogP contribution in [0.4, 0.5) is 0 Å². The normalized spacial score (nSPS) is 10.8. The maximum atomic E-state index is 12.1. The van der Waals surface area contributed by atoms with E-state index in [4.69, 9.17) is 0 Å². The maximum Gasteiger partial charge on any atom is 0.165 e. The summed E-state index contributed by atoms with van der Waals surface area (Å²) in [5, 5.41) is 0. The highest BCUT2D eigenvalue weighted by atomic mass is 16.1. The first kappa shape index (κ1) is 13.5. The standard InChI is InChI=1S/C18H20O/c1-12(2)18(19)16-7-5-6-15(11-16)17-10-13(3)8-9-14(17)4/h5-12H,1-4H3. The van der Waals surface area contributed by atoms with Crippen molar-refractivity contribution in [2.45, 2.75) is 27.7 Å². The van der Waals surface area contributed by atoms with Gasteiger partial charge in [-0.2, -0.15) is 0 Å². The first-order valence-electron chi connectivity index (χ1n) is 6.71. The van der Waals surface area contributed by atoms with Crippen LogP contribution >= 0.6 is 0 Å². The Balaban J connectivity index is 2.49. The Labute approximate surface area is 115 Å². The van der Waals surface area contributed by atoms with Crippen LogP contribution in [0.5, 0.6) is 0 Å². The predicted octanol–water partition coefficient (Wildman–Crippen LogP) is 4.81. The minimum atomic E-state index is 0.0360. The van der Waals surface area contributed by atoms with Crippen LogP contribution in [0, 0.1) is 19.8 Å². The van der Waals surface area contributed by atoms with Gasteiger partial charge in [0.05, 0.1) is 0 Å². The molecule has 2 aromatic rings. The second kappa shape index (κ2) is 5.40. The van der Waals surface area contributed by atoms with Gasteiger partial charge in [0, 0.05) is 11.5 Å². The number of aryl methyl sites for hydroxylation is 2. The van der Waals surface area contributed by atoms with E-state index < -0.39 is 0 Å². The molecule has 0 N–H and O–H groups in total. The third-order valence-corrected chi connectivity index (χ3v) is 3.38. The number of carbonyl (C=O) groups excluding carboxylic acids is 1. The number of rotatable bonds is 3. The van der Waals surface area contributed by atoms with Gasteiger partial charge in [-0.1, -0.05) is 55.8 Å². The first-order chi connectivity index (χ1) is 8.99. The quantitative estimate of drug-likeness (QED) is 0.716. The van der Waals surface area contributed by atoms with E-state index in [1.54, 1.807) is 0 Å². The molecule has 0 heterocycles. The summed E-state index contributed by atoms with van der Waals surface area (Å²) in [6.07, 6.45) is 0. The van der Waals surface area contributed by atoms with Crippen LogP contribution in [0.1, 0.15) is 35.3 Å². The highest BCUT2D eigenvalue weighted by molar-refractivity contribution is 5.98. The molecule has 0 saturated carbocycles. The second-order valence-electron chi connectivity index (χ2n) is 5.42. The van der Waals surface area contributed by atoms with Crippen molar-refractivity contribution in [1.29, 1.82) is 0 Å². The van der Waals surface area contributed by atoms with Crippen LogP contribution in [0.3, 0.4) is 0 Å². The number of benzene rings is 2. The van der Waals surface area contributed by atoms with Crippen molar-refractivity contribution >= 4 is 5.78 Å². The second-order valence-corrected chi connectivity index (χ2v) is 5.42. The smallest absolute Gasteiger partial charge is 0.165 e. The summed E-state index contributed by atoms with van der Waals surface area (Å²) in [7, 11) is 0. The molecule has 0 spiro atoms. The Hall–Kier alpha value is -1.89. The molecule has 0 bridgehead atoms. The molecule has 19 heavy (non-hydrogen) atoms. The zero-order valence-corrected chi connectivity index (χ0v) is 12.0. The number of hydrogen-bond donors (Lipinski definition) is 0. The van der Waals surface area contributed by atoms with Crippen LogP contribution in [0.2, 0.25) is 0 Å². The minimum absolute atomic E-state index is 0.0360. The summed E-state index contributed by atoms with van der Waals surface area (Å²) >= 11 is 0. The van der Waals surface area contributed by atoms with Gasteiger partial charge >= 0.3 is 0 Å². The van der Waals surface area contributed by atoms with Gasteiger partial charge in [-0.05, 0) is 36.6 Å². The SMILES string of the molecule is Cc1ccc(C)c(-c2cccc(C(=O)C(C)C)c2)c1. The van der Waals surface area contributed by atoms with Crippen molar-refractivity contribution in [3.8, 4) is 11.1 Å². The van der Waals surface area contributed by atoms with Crippen molar-refractivity contribution in [2.24, 2.45) is 5.92 Å². The lowest BCUT2D eigenvalue weighted by Crippen LogP contribution is -2.07. The lowest BCUT2D eigenvalue weighted by atomic mass is 9.94. The number of carbonyl (C=O) groups is 1. The molecular weight excluding hydrogens is 232 g/mol. The maximum absolute atomic E-state index is 12.1. The molecule has 1 nitrogen and oxygen atoms in total. The van der Waals surface area contributed by atoms with E-state index in [1.807, 2.05) is 32.0 Å². The van der Waals surface area contributed by atoms with E-state index in [9.17, 15) is 4.79 Å². The van der Waals surface area contributed by atoms with Gasteiger partial charge in [-0.15, -0.1) is 0 Å². The molecule has 2 aromatic carbocycles. The van der Waals surface area contributed by atoms with Crippen LogP contribution < -0.4 is 0 Å². The van der Waals surface area contributed by atoms with Gasteiger partial charge in [0.2, 0.25) is 0 Å². The fourth-order valence-electron chi connectivity index (χ4n) is 2.22. The van der Waals surface area contributed by atoms with E-state index in [-0.39, 0.29) is 11.7 Å². The fraction of sp³-hybridized carbons (Fsp3) is 0.278. The minimum Gasteiger partial charge on any atom is -0.294 e. The average Bonchev–Trinajstić information content (AvgIpc) is 2.40. The molecule has 0 unspecified atom stereocenters. The predicted molar refractivity (Wildman–Crippen MR) is 80.5 cm³/mol. The molecular formula is C18H20O. The summed E-state index contributed by atoms with van der Waals surface area (Å²) in [4.78, 5) is 12.1. The van der Waals surface area contributed by atoms with E-state index >= 15 is 0 Å². The van der Waals surface area contributed by atoms with Gasteiger partial charge in [-0.3, -0.25) is 4.79 Å². The van der Waals surface area contributed by atoms with Gasteiger partial charge in [-0.25, -0.2) is 0 Å². The van der Waals surface area contributed by atoms with E-state index in [1.165, 1.54) is 16.7 Å². The Kier molecular flexibility index (Phi) is 3.84. The summed E-state index contributed by atoms with van der Waals surface area (Å²) in [6, 6.07) is 14.4. The summed E-state index contributed by atoms with van der Waals surface area (Å²) in [5.41, 5.74) is 5.60. The molecule has 0 amide bonds. The van der Waals surface area contributed by atoms with Gasteiger partial charge in [0.25, 0.3) is 0 Å². The van der Waals surface area contributed by atoms with Crippen LogP contribution in [0.15, 0.2) is 42.5 Å². The summed E-state index contributed by atoms with van der Waals surface area (Å²) in [6.45, 7) is 8.07. The third-order valence-electron chi connectivity index (χ3n) is 3.38. The molecule has 0 aromatic heterocycles. The highest BCUT2D eigenvalue weighted by Gasteiger charge is 2.11. The van der Waals surface area contributed by atoms with Gasteiger partial charge < -0.3 is 0 Å². The molecule has 0 saturated heterocycles. The number of Topliss-reactive ketones (excluding diaryl/α,β-unsaturated/α-hetero) is 1. The van der Waals surface area contributed by atoms with Crippen molar-refractivity contribution in [2.75, 3.05) is 0 Å².